The van der Waals surface area contributed by atoms with Gasteiger partial charge < -0.3 is 42.6 Å². The number of hydrogen-bond donors (Lipinski definition) is 8. The molecule has 3 rings (SSSR count). The summed E-state index contributed by atoms with van der Waals surface area (Å²) in [6.07, 6.45) is 2.14. The fourth-order valence-corrected chi connectivity index (χ4v) is 4.65. The lowest BCUT2D eigenvalue weighted by Crippen LogP contribution is -2.57. The van der Waals surface area contributed by atoms with E-state index < -0.39 is 60.2 Å². The number of amides is 3. The lowest BCUT2D eigenvalue weighted by atomic mass is 10.0. The number of aromatic amines is 1. The number of benzene rings is 2. The smallest absolute Gasteiger partial charge is 0.326 e. The quantitative estimate of drug-likeness (QED) is 0.101. The van der Waals surface area contributed by atoms with Crippen LogP contribution < -0.4 is 27.4 Å². The minimum atomic E-state index is -1.61. The first-order valence-electron chi connectivity index (χ1n) is 14.0. The number of nitrogens with two attached hydrogens (primary N) is 2. The van der Waals surface area contributed by atoms with Gasteiger partial charge in [-0.1, -0.05) is 48.5 Å². The zero-order valence-corrected chi connectivity index (χ0v) is 23.6. The van der Waals surface area contributed by atoms with Crippen molar-refractivity contribution < 1.29 is 34.2 Å². The molecule has 0 radical (unpaired) electrons. The van der Waals surface area contributed by atoms with Crippen molar-refractivity contribution in [2.24, 2.45) is 11.5 Å². The SMILES string of the molecule is NCCCCC(NC(=O)C(N)Cc1ccccc1)C(=O)NC(CC(=O)O)C(=O)NC(Cc1c[nH]c2ccccc12)C(=O)O. The molecule has 0 aliphatic carbocycles. The van der Waals surface area contributed by atoms with Crippen molar-refractivity contribution in [1.82, 2.24) is 20.9 Å². The van der Waals surface area contributed by atoms with Crippen molar-refractivity contribution in [2.75, 3.05) is 6.54 Å². The maximum atomic E-state index is 13.3. The first kappa shape index (κ1) is 32.8. The van der Waals surface area contributed by atoms with E-state index in [2.05, 4.69) is 20.9 Å². The van der Waals surface area contributed by atoms with Gasteiger partial charge in [0.25, 0.3) is 0 Å². The van der Waals surface area contributed by atoms with Crippen molar-refractivity contribution in [3.05, 3.63) is 71.9 Å². The standard InChI is InChI=1S/C30H38N6O7/c31-13-7-6-12-23(34-27(39)21(32)14-18-8-2-1-3-9-18)28(40)35-24(16-26(37)38)29(41)36-25(30(42)43)15-19-17-33-22-11-5-4-10-20(19)22/h1-5,8-11,17,21,23-25,33H,6-7,12-16,31-32H2,(H,34,39)(H,35,40)(H,36,41)(H,37,38)(H,42,43). The molecule has 13 nitrogen and oxygen atoms in total. The van der Waals surface area contributed by atoms with Crippen LogP contribution in [0.4, 0.5) is 0 Å². The Kier molecular flexibility index (Phi) is 12.2. The van der Waals surface area contributed by atoms with Crippen LogP contribution in [0.15, 0.2) is 60.8 Å². The van der Waals surface area contributed by atoms with E-state index in [0.29, 0.717) is 24.9 Å². The molecule has 4 atom stereocenters. The van der Waals surface area contributed by atoms with Gasteiger partial charge in [0.05, 0.1) is 12.5 Å². The van der Waals surface area contributed by atoms with E-state index in [1.54, 1.807) is 18.3 Å². The van der Waals surface area contributed by atoms with E-state index in [0.717, 1.165) is 16.5 Å². The number of hydrogen-bond acceptors (Lipinski definition) is 7. The molecule has 1 heterocycles. The molecular weight excluding hydrogens is 556 g/mol. The number of fused-ring (bicyclic) bond motifs is 1. The molecule has 0 fully saturated rings. The molecule has 3 aromatic rings. The number of nitrogens with one attached hydrogen (secondary N) is 4. The highest BCUT2D eigenvalue weighted by Crippen LogP contribution is 2.19. The van der Waals surface area contributed by atoms with Crippen molar-refractivity contribution in [3.8, 4) is 0 Å². The van der Waals surface area contributed by atoms with Crippen LogP contribution in [0.25, 0.3) is 10.9 Å². The molecule has 3 amide bonds. The van der Waals surface area contributed by atoms with Gasteiger partial charge in [0.1, 0.15) is 18.1 Å². The van der Waals surface area contributed by atoms with Crippen LogP contribution in [0.3, 0.4) is 0 Å². The highest BCUT2D eigenvalue weighted by atomic mass is 16.4. The summed E-state index contributed by atoms with van der Waals surface area (Å²) < 4.78 is 0. The second-order valence-electron chi connectivity index (χ2n) is 10.3. The number of unbranched alkanes of at least 4 members (excludes halogenated alkanes) is 1. The number of carbonyl (C=O) groups excluding carboxylic acids is 3. The van der Waals surface area contributed by atoms with Crippen molar-refractivity contribution in [2.45, 2.75) is 62.7 Å². The van der Waals surface area contributed by atoms with Crippen LogP contribution in [0.2, 0.25) is 0 Å². The van der Waals surface area contributed by atoms with Crippen LogP contribution in [-0.2, 0) is 36.8 Å². The number of carboxylic acids is 2. The van der Waals surface area contributed by atoms with E-state index in [4.69, 9.17) is 11.5 Å². The molecule has 1 aromatic heterocycles. The summed E-state index contributed by atoms with van der Waals surface area (Å²) in [6.45, 7) is 0.354. The topological polar surface area (TPSA) is 230 Å². The third-order valence-electron chi connectivity index (χ3n) is 6.94. The molecular formula is C30H38N6O7. The largest absolute Gasteiger partial charge is 0.481 e. The van der Waals surface area contributed by atoms with E-state index >= 15 is 0 Å². The van der Waals surface area contributed by atoms with Gasteiger partial charge in [0.15, 0.2) is 0 Å². The number of aromatic nitrogens is 1. The summed E-state index contributed by atoms with van der Waals surface area (Å²) >= 11 is 0. The highest BCUT2D eigenvalue weighted by molar-refractivity contribution is 5.96. The molecule has 2 aromatic carbocycles. The van der Waals surface area contributed by atoms with Crippen molar-refractivity contribution in [1.29, 1.82) is 0 Å². The van der Waals surface area contributed by atoms with E-state index in [1.165, 1.54) is 0 Å². The summed E-state index contributed by atoms with van der Waals surface area (Å²) in [5.41, 5.74) is 13.9. The maximum absolute atomic E-state index is 13.3. The Morgan fingerprint density at radius 2 is 1.40 bits per heavy atom. The van der Waals surface area contributed by atoms with Gasteiger partial charge in [-0.15, -0.1) is 0 Å². The number of aliphatic carboxylic acids is 2. The molecule has 0 spiro atoms. The lowest BCUT2D eigenvalue weighted by Gasteiger charge is -2.24. The first-order chi connectivity index (χ1) is 20.6. The van der Waals surface area contributed by atoms with Gasteiger partial charge in [-0.25, -0.2) is 4.79 Å². The summed E-state index contributed by atoms with van der Waals surface area (Å²) in [5, 5.41) is 27.4. The maximum Gasteiger partial charge on any atom is 0.326 e. The van der Waals surface area contributed by atoms with Crippen LogP contribution in [0.5, 0.6) is 0 Å². The zero-order chi connectivity index (χ0) is 31.4. The van der Waals surface area contributed by atoms with Crippen molar-refractivity contribution in [3.63, 3.8) is 0 Å². The minimum Gasteiger partial charge on any atom is -0.481 e. The molecule has 0 saturated heterocycles. The van der Waals surface area contributed by atoms with Gasteiger partial charge in [-0.3, -0.25) is 19.2 Å². The number of para-hydroxylation sites is 1. The van der Waals surface area contributed by atoms with Crippen LogP contribution in [0.1, 0.15) is 36.8 Å². The van der Waals surface area contributed by atoms with Gasteiger partial charge in [-0.2, -0.15) is 0 Å². The zero-order valence-electron chi connectivity index (χ0n) is 23.6. The van der Waals surface area contributed by atoms with E-state index in [1.807, 2.05) is 42.5 Å². The molecule has 43 heavy (non-hydrogen) atoms. The van der Waals surface area contributed by atoms with Crippen LogP contribution in [0, 0.1) is 0 Å². The van der Waals surface area contributed by atoms with Gasteiger partial charge in [0.2, 0.25) is 17.7 Å². The average molecular weight is 595 g/mol. The molecule has 10 N–H and O–H groups in total. The Morgan fingerprint density at radius 3 is 2.07 bits per heavy atom. The van der Waals surface area contributed by atoms with Crippen LogP contribution >= 0.6 is 0 Å². The Morgan fingerprint density at radius 1 is 0.767 bits per heavy atom. The molecule has 4 unspecified atom stereocenters. The van der Waals surface area contributed by atoms with Gasteiger partial charge in [0, 0.05) is 23.5 Å². The average Bonchev–Trinajstić information content (AvgIpc) is 3.38. The Balaban J connectivity index is 1.71. The highest BCUT2D eigenvalue weighted by Gasteiger charge is 2.32. The van der Waals surface area contributed by atoms with E-state index in [9.17, 15) is 34.2 Å². The number of carbonyl (C=O) groups is 5. The summed E-state index contributed by atoms with van der Waals surface area (Å²) in [5.74, 6) is -5.12. The monoisotopic (exact) mass is 594 g/mol. The fourth-order valence-electron chi connectivity index (χ4n) is 4.65. The Bertz CT molecular complexity index is 1410. The Labute approximate surface area is 248 Å². The second kappa shape index (κ2) is 16.0. The fraction of sp³-hybridized carbons (Fsp3) is 0.367. The lowest BCUT2D eigenvalue weighted by molar-refractivity contribution is -0.143. The summed E-state index contributed by atoms with van der Waals surface area (Å²) in [7, 11) is 0. The first-order valence-corrected chi connectivity index (χ1v) is 14.0. The summed E-state index contributed by atoms with van der Waals surface area (Å²) in [6, 6.07) is 11.2. The third kappa shape index (κ3) is 9.94. The van der Waals surface area contributed by atoms with Crippen molar-refractivity contribution >= 4 is 40.6 Å². The second-order valence-corrected chi connectivity index (χ2v) is 10.3. The third-order valence-corrected chi connectivity index (χ3v) is 6.94. The van der Waals surface area contributed by atoms with Gasteiger partial charge in [-0.05, 0) is 49.4 Å². The predicted octanol–water partition coefficient (Wildman–Crippen LogP) is 0.423. The Hall–Kier alpha value is -4.75. The van der Waals surface area contributed by atoms with E-state index in [-0.39, 0.29) is 19.3 Å². The molecule has 0 aliphatic rings. The number of rotatable bonds is 17. The predicted molar refractivity (Wildman–Crippen MR) is 159 cm³/mol. The summed E-state index contributed by atoms with van der Waals surface area (Å²) in [4.78, 5) is 66.0. The molecule has 0 bridgehead atoms. The molecule has 0 aliphatic heterocycles. The molecule has 0 saturated carbocycles. The molecule has 230 valence electrons. The number of carboxylic acid groups (broad SMARTS) is 2. The van der Waals surface area contributed by atoms with Crippen LogP contribution in [-0.4, -0.2) is 75.6 Å². The number of H-pyrrole nitrogens is 1. The normalized spacial score (nSPS) is 13.8. The minimum absolute atomic E-state index is 0.0874. The van der Waals surface area contributed by atoms with Gasteiger partial charge >= 0.3 is 11.9 Å². The molecule has 13 heteroatoms.